The number of nitrogens with zero attached hydrogens (tertiary/aromatic N) is 1. The van der Waals surface area contributed by atoms with Crippen molar-refractivity contribution in [3.8, 4) is 5.75 Å². The Labute approximate surface area is 156 Å². The minimum atomic E-state index is -0.616. The molecule has 1 spiro atoms. The van der Waals surface area contributed by atoms with Crippen molar-refractivity contribution >= 4 is 5.91 Å². The molecule has 1 amide bonds. The van der Waals surface area contributed by atoms with Crippen molar-refractivity contribution in [2.75, 3.05) is 20.2 Å². The zero-order valence-electron chi connectivity index (χ0n) is 16.3. The molecule has 1 aromatic carbocycles. The summed E-state index contributed by atoms with van der Waals surface area (Å²) in [5.41, 5.74) is 2.53. The molecular formula is C22H31NO3. The fourth-order valence-corrected chi connectivity index (χ4v) is 5.40. The smallest absolute Gasteiger partial charge is 0.225 e. The van der Waals surface area contributed by atoms with Gasteiger partial charge in [-0.05, 0) is 81.5 Å². The minimum Gasteiger partial charge on any atom is -0.497 e. The molecule has 2 saturated carbocycles. The Morgan fingerprint density at radius 2 is 1.88 bits per heavy atom. The van der Waals surface area contributed by atoms with Crippen LogP contribution in [-0.2, 0) is 4.79 Å². The number of likely N-dealkylation sites (tertiary alicyclic amines) is 1. The first-order valence-electron chi connectivity index (χ1n) is 9.97. The van der Waals surface area contributed by atoms with Gasteiger partial charge in [-0.3, -0.25) is 4.79 Å². The molecule has 0 unspecified atom stereocenters. The number of amides is 1. The van der Waals surface area contributed by atoms with Gasteiger partial charge in [0.15, 0.2) is 0 Å². The lowest BCUT2D eigenvalue weighted by atomic mass is 9.63. The number of carbonyl (C=O) groups excluding carboxylic acids is 1. The molecule has 0 aromatic heterocycles. The van der Waals surface area contributed by atoms with E-state index >= 15 is 0 Å². The Hall–Kier alpha value is -1.55. The summed E-state index contributed by atoms with van der Waals surface area (Å²) in [7, 11) is 1.73. The van der Waals surface area contributed by atoms with Crippen molar-refractivity contribution in [1.29, 1.82) is 0 Å². The van der Waals surface area contributed by atoms with E-state index in [1.54, 1.807) is 7.11 Å². The molecule has 0 bridgehead atoms. The van der Waals surface area contributed by atoms with Gasteiger partial charge in [0.2, 0.25) is 5.91 Å². The lowest BCUT2D eigenvalue weighted by molar-refractivity contribution is -0.163. The topological polar surface area (TPSA) is 49.8 Å². The third kappa shape index (κ3) is 3.13. The summed E-state index contributed by atoms with van der Waals surface area (Å²) in [4.78, 5) is 14.6. The van der Waals surface area contributed by atoms with Gasteiger partial charge in [0.1, 0.15) is 5.75 Å². The second-order valence-electron chi connectivity index (χ2n) is 9.29. The molecule has 26 heavy (non-hydrogen) atoms. The number of methoxy groups -OCH3 is 1. The van der Waals surface area contributed by atoms with Gasteiger partial charge in [-0.2, -0.15) is 0 Å². The van der Waals surface area contributed by atoms with Crippen LogP contribution >= 0.6 is 0 Å². The Bertz CT molecular complexity index is 687. The maximum atomic E-state index is 12.5. The molecule has 2 aliphatic carbocycles. The summed E-state index contributed by atoms with van der Waals surface area (Å²) in [6.45, 7) is 5.87. The van der Waals surface area contributed by atoms with Crippen molar-refractivity contribution in [2.45, 2.75) is 63.9 Å². The van der Waals surface area contributed by atoms with Gasteiger partial charge in [-0.1, -0.05) is 6.07 Å². The molecule has 0 atom stereocenters. The highest BCUT2D eigenvalue weighted by Crippen LogP contribution is 2.50. The first-order chi connectivity index (χ1) is 12.3. The lowest BCUT2D eigenvalue weighted by Gasteiger charge is -2.55. The fraction of sp³-hybridized carbons (Fsp3) is 0.682. The zero-order chi connectivity index (χ0) is 18.5. The molecule has 1 N–H and O–H groups in total. The molecule has 3 fully saturated rings. The molecule has 1 heterocycles. The van der Waals surface area contributed by atoms with Gasteiger partial charge in [-0.15, -0.1) is 0 Å². The van der Waals surface area contributed by atoms with E-state index < -0.39 is 5.60 Å². The largest absolute Gasteiger partial charge is 0.497 e. The molecule has 1 aliphatic heterocycles. The van der Waals surface area contributed by atoms with E-state index in [-0.39, 0.29) is 11.8 Å². The molecule has 4 heteroatoms. The third-order valence-corrected chi connectivity index (χ3v) is 7.06. The summed E-state index contributed by atoms with van der Waals surface area (Å²) in [6.07, 6.45) is 6.09. The van der Waals surface area contributed by atoms with Crippen LogP contribution < -0.4 is 4.74 Å². The van der Waals surface area contributed by atoms with Crippen molar-refractivity contribution in [3.05, 3.63) is 29.3 Å². The highest BCUT2D eigenvalue weighted by Gasteiger charge is 2.51. The number of aliphatic hydroxyl groups is 1. The van der Waals surface area contributed by atoms with Crippen molar-refractivity contribution < 1.29 is 14.6 Å². The van der Waals surface area contributed by atoms with Crippen LogP contribution in [0.5, 0.6) is 5.75 Å². The predicted molar refractivity (Wildman–Crippen MR) is 101 cm³/mol. The van der Waals surface area contributed by atoms with E-state index in [0.29, 0.717) is 24.2 Å². The lowest BCUT2D eigenvalue weighted by Crippen LogP contribution is -2.62. The van der Waals surface area contributed by atoms with Crippen LogP contribution in [0.3, 0.4) is 0 Å². The van der Waals surface area contributed by atoms with Crippen LogP contribution in [0.2, 0.25) is 0 Å². The molecule has 142 valence electrons. The normalized spacial score (nSPS) is 30.6. The van der Waals surface area contributed by atoms with E-state index in [0.717, 1.165) is 18.8 Å². The van der Waals surface area contributed by atoms with E-state index in [1.807, 2.05) is 17.9 Å². The Morgan fingerprint density at radius 3 is 2.46 bits per heavy atom. The van der Waals surface area contributed by atoms with Gasteiger partial charge in [0, 0.05) is 24.4 Å². The molecule has 3 aliphatic rings. The number of carbonyl (C=O) groups is 1. The second kappa shape index (κ2) is 6.26. The van der Waals surface area contributed by atoms with Crippen molar-refractivity contribution in [2.24, 2.45) is 11.3 Å². The van der Waals surface area contributed by atoms with E-state index in [1.165, 1.54) is 36.8 Å². The zero-order valence-corrected chi connectivity index (χ0v) is 16.3. The number of aryl methyl sites for hydroxylation is 1. The summed E-state index contributed by atoms with van der Waals surface area (Å²) in [6, 6.07) is 6.41. The summed E-state index contributed by atoms with van der Waals surface area (Å²) in [5.74, 6) is 1.89. The minimum absolute atomic E-state index is 0.0538. The van der Waals surface area contributed by atoms with E-state index in [2.05, 4.69) is 19.1 Å². The van der Waals surface area contributed by atoms with Crippen molar-refractivity contribution in [3.63, 3.8) is 0 Å². The quantitative estimate of drug-likeness (QED) is 0.898. The van der Waals surface area contributed by atoms with Gasteiger partial charge in [0.25, 0.3) is 0 Å². The van der Waals surface area contributed by atoms with Gasteiger partial charge in [-0.25, -0.2) is 0 Å². The Balaban J connectivity index is 1.32. The number of rotatable bonds is 3. The van der Waals surface area contributed by atoms with Gasteiger partial charge < -0.3 is 14.7 Å². The molecule has 1 saturated heterocycles. The van der Waals surface area contributed by atoms with Crippen LogP contribution in [0.1, 0.15) is 62.5 Å². The Morgan fingerprint density at radius 1 is 1.23 bits per heavy atom. The number of hydrogen-bond acceptors (Lipinski definition) is 3. The molecule has 1 aromatic rings. The number of benzene rings is 1. The molecule has 4 nitrogen and oxygen atoms in total. The SMILES string of the molecule is COc1ccc(C)c(C2CCC3(CC2)CN(C(=O)C2CC(C)(O)C2)C3)c1. The predicted octanol–water partition coefficient (Wildman–Crippen LogP) is 3.65. The fourth-order valence-electron chi connectivity index (χ4n) is 5.40. The van der Waals surface area contributed by atoms with Crippen molar-refractivity contribution in [1.82, 2.24) is 4.90 Å². The standard InChI is InChI=1S/C22H31NO3/c1-15-4-5-18(26-3)10-19(15)16-6-8-22(9-7-16)13-23(14-22)20(24)17-11-21(2,25)12-17/h4-5,10,16-17,25H,6-9,11-14H2,1-3H3. The highest BCUT2D eigenvalue weighted by molar-refractivity contribution is 5.81. The van der Waals surface area contributed by atoms with Crippen LogP contribution in [0.25, 0.3) is 0 Å². The van der Waals surface area contributed by atoms with E-state index in [9.17, 15) is 9.90 Å². The highest BCUT2D eigenvalue weighted by atomic mass is 16.5. The van der Waals surface area contributed by atoms with Crippen LogP contribution in [0.15, 0.2) is 18.2 Å². The third-order valence-electron chi connectivity index (χ3n) is 7.06. The number of ether oxygens (including phenoxy) is 1. The van der Waals surface area contributed by atoms with Gasteiger partial charge >= 0.3 is 0 Å². The monoisotopic (exact) mass is 357 g/mol. The average molecular weight is 357 g/mol. The Kier molecular flexibility index (Phi) is 4.30. The van der Waals surface area contributed by atoms with Gasteiger partial charge in [0.05, 0.1) is 12.7 Å². The summed E-state index contributed by atoms with van der Waals surface area (Å²) in [5, 5.41) is 9.86. The summed E-state index contributed by atoms with van der Waals surface area (Å²) >= 11 is 0. The van der Waals surface area contributed by atoms with Crippen LogP contribution in [-0.4, -0.2) is 41.7 Å². The maximum Gasteiger partial charge on any atom is 0.225 e. The van der Waals surface area contributed by atoms with Crippen LogP contribution in [0.4, 0.5) is 0 Å². The molecule has 0 radical (unpaired) electrons. The maximum absolute atomic E-state index is 12.5. The second-order valence-corrected chi connectivity index (χ2v) is 9.29. The first-order valence-corrected chi connectivity index (χ1v) is 9.97. The molecule has 4 rings (SSSR count). The number of hydrogen-bond donors (Lipinski definition) is 1. The molecular weight excluding hydrogens is 326 g/mol. The van der Waals surface area contributed by atoms with E-state index in [4.69, 9.17) is 4.74 Å². The van der Waals surface area contributed by atoms with Crippen LogP contribution in [0, 0.1) is 18.3 Å². The first kappa shape index (κ1) is 17.8. The summed E-state index contributed by atoms with van der Waals surface area (Å²) < 4.78 is 5.41. The average Bonchev–Trinajstić information content (AvgIpc) is 2.57.